The molecule has 0 spiro atoms. The Labute approximate surface area is 144 Å². The quantitative estimate of drug-likeness (QED) is 0.369. The summed E-state index contributed by atoms with van der Waals surface area (Å²) in [5, 5.41) is 6.47. The van der Waals surface area contributed by atoms with E-state index in [1.54, 1.807) is 6.07 Å². The van der Waals surface area contributed by atoms with Crippen molar-refractivity contribution in [3.8, 4) is 5.75 Å². The third-order valence-electron chi connectivity index (χ3n) is 3.27. The van der Waals surface area contributed by atoms with Gasteiger partial charge in [-0.1, -0.05) is 6.07 Å². The van der Waals surface area contributed by atoms with E-state index < -0.39 is 0 Å². The molecule has 0 aliphatic rings. The maximum atomic E-state index is 13.8. The number of rotatable bonds is 11. The highest BCUT2D eigenvalue weighted by Gasteiger charge is 2.04. The Morgan fingerprint density at radius 2 is 1.96 bits per heavy atom. The minimum absolute atomic E-state index is 0.282. The summed E-state index contributed by atoms with van der Waals surface area (Å²) < 4.78 is 24.4. The van der Waals surface area contributed by atoms with Gasteiger partial charge in [0, 0.05) is 26.3 Å². The van der Waals surface area contributed by atoms with Crippen molar-refractivity contribution in [2.75, 3.05) is 32.9 Å². The lowest BCUT2D eigenvalue weighted by Gasteiger charge is -2.11. The van der Waals surface area contributed by atoms with E-state index >= 15 is 0 Å². The number of aliphatic imine (C=N–C) groups is 1. The molecule has 6 heteroatoms. The summed E-state index contributed by atoms with van der Waals surface area (Å²) in [6.07, 6.45) is 2.03. The summed E-state index contributed by atoms with van der Waals surface area (Å²) in [7, 11) is 0. The Kier molecular flexibility index (Phi) is 10.6. The molecule has 0 heterocycles. The van der Waals surface area contributed by atoms with Crippen LogP contribution in [0.3, 0.4) is 0 Å². The third kappa shape index (κ3) is 8.15. The van der Waals surface area contributed by atoms with Crippen molar-refractivity contribution in [1.29, 1.82) is 0 Å². The van der Waals surface area contributed by atoms with Gasteiger partial charge in [-0.05, 0) is 51.3 Å². The van der Waals surface area contributed by atoms with Crippen molar-refractivity contribution in [3.63, 3.8) is 0 Å². The van der Waals surface area contributed by atoms with Crippen LogP contribution in [0.2, 0.25) is 0 Å². The van der Waals surface area contributed by atoms with Gasteiger partial charge in [0.1, 0.15) is 0 Å². The number of ether oxygens (including phenoxy) is 2. The fourth-order valence-corrected chi connectivity index (χ4v) is 2.11. The zero-order valence-corrected chi connectivity index (χ0v) is 15.0. The van der Waals surface area contributed by atoms with E-state index in [4.69, 9.17) is 9.47 Å². The lowest BCUT2D eigenvalue weighted by molar-refractivity contribution is 0.143. The van der Waals surface area contributed by atoms with Gasteiger partial charge in [0.25, 0.3) is 0 Å². The van der Waals surface area contributed by atoms with Crippen LogP contribution in [0, 0.1) is 5.82 Å². The summed E-state index contributed by atoms with van der Waals surface area (Å²) >= 11 is 0. The van der Waals surface area contributed by atoms with Crippen LogP contribution in [-0.4, -0.2) is 38.9 Å². The van der Waals surface area contributed by atoms with Gasteiger partial charge in [-0.3, -0.25) is 0 Å². The van der Waals surface area contributed by atoms with Crippen LogP contribution < -0.4 is 15.4 Å². The van der Waals surface area contributed by atoms with Crippen LogP contribution in [0.1, 0.15) is 39.2 Å². The largest absolute Gasteiger partial charge is 0.491 e. The van der Waals surface area contributed by atoms with E-state index in [2.05, 4.69) is 15.6 Å². The number of hydrogen-bond donors (Lipinski definition) is 2. The summed E-state index contributed by atoms with van der Waals surface area (Å²) in [6, 6.07) is 4.96. The average Bonchev–Trinajstić information content (AvgIpc) is 2.58. The van der Waals surface area contributed by atoms with Gasteiger partial charge in [0.2, 0.25) is 0 Å². The zero-order chi connectivity index (χ0) is 17.6. The molecule has 136 valence electrons. The SMILES string of the molecule is CCNC(=NCc1ccc(OCC)c(F)c1)NCCCCOCC. The molecule has 5 nitrogen and oxygen atoms in total. The summed E-state index contributed by atoms with van der Waals surface area (Å²) in [6.45, 7) is 9.87. The first-order valence-corrected chi connectivity index (χ1v) is 8.72. The molecule has 0 aliphatic carbocycles. The molecule has 0 saturated heterocycles. The van der Waals surface area contributed by atoms with E-state index in [0.717, 1.165) is 50.7 Å². The molecule has 0 atom stereocenters. The maximum Gasteiger partial charge on any atom is 0.191 e. The Bertz CT molecular complexity index is 495. The molecule has 0 saturated carbocycles. The first-order chi connectivity index (χ1) is 11.7. The molecular formula is C18H30FN3O2. The molecule has 0 bridgehead atoms. The summed E-state index contributed by atoms with van der Waals surface area (Å²) in [4.78, 5) is 4.49. The van der Waals surface area contributed by atoms with Crippen molar-refractivity contribution in [2.45, 2.75) is 40.2 Å². The minimum atomic E-state index is -0.349. The fourth-order valence-electron chi connectivity index (χ4n) is 2.11. The van der Waals surface area contributed by atoms with Gasteiger partial charge in [-0.15, -0.1) is 0 Å². The number of unbranched alkanes of at least 4 members (excludes halogenated alkanes) is 1. The van der Waals surface area contributed by atoms with E-state index in [9.17, 15) is 4.39 Å². The topological polar surface area (TPSA) is 54.9 Å². The first-order valence-electron chi connectivity index (χ1n) is 8.72. The number of nitrogens with zero attached hydrogens (tertiary/aromatic N) is 1. The van der Waals surface area contributed by atoms with Gasteiger partial charge in [-0.25, -0.2) is 9.38 Å². The highest BCUT2D eigenvalue weighted by molar-refractivity contribution is 5.79. The van der Waals surface area contributed by atoms with Crippen molar-refractivity contribution in [1.82, 2.24) is 10.6 Å². The van der Waals surface area contributed by atoms with Crippen LogP contribution >= 0.6 is 0 Å². The number of guanidine groups is 1. The molecule has 1 rings (SSSR count). The summed E-state index contributed by atoms with van der Waals surface area (Å²) in [5.41, 5.74) is 0.810. The molecule has 2 N–H and O–H groups in total. The molecule has 1 aromatic rings. The van der Waals surface area contributed by atoms with E-state index in [-0.39, 0.29) is 11.6 Å². The Balaban J connectivity index is 2.48. The number of nitrogens with one attached hydrogen (secondary N) is 2. The highest BCUT2D eigenvalue weighted by Crippen LogP contribution is 2.18. The lowest BCUT2D eigenvalue weighted by Crippen LogP contribution is -2.37. The Morgan fingerprint density at radius 1 is 1.12 bits per heavy atom. The lowest BCUT2D eigenvalue weighted by atomic mass is 10.2. The zero-order valence-electron chi connectivity index (χ0n) is 15.0. The number of benzene rings is 1. The second kappa shape index (κ2) is 12.6. The van der Waals surface area contributed by atoms with Crippen LogP contribution in [0.15, 0.2) is 23.2 Å². The molecule has 0 amide bonds. The fraction of sp³-hybridized carbons (Fsp3) is 0.611. The number of halogens is 1. The van der Waals surface area contributed by atoms with Gasteiger partial charge in [-0.2, -0.15) is 0 Å². The molecule has 24 heavy (non-hydrogen) atoms. The smallest absolute Gasteiger partial charge is 0.191 e. The molecule has 0 radical (unpaired) electrons. The van der Waals surface area contributed by atoms with Crippen molar-refractivity contribution >= 4 is 5.96 Å². The van der Waals surface area contributed by atoms with Crippen molar-refractivity contribution in [3.05, 3.63) is 29.6 Å². The van der Waals surface area contributed by atoms with Gasteiger partial charge >= 0.3 is 0 Å². The second-order valence-electron chi connectivity index (χ2n) is 5.22. The Hall–Kier alpha value is -1.82. The van der Waals surface area contributed by atoms with Gasteiger partial charge < -0.3 is 20.1 Å². The molecular weight excluding hydrogens is 309 g/mol. The van der Waals surface area contributed by atoms with Crippen molar-refractivity contribution in [2.24, 2.45) is 4.99 Å². The third-order valence-corrected chi connectivity index (χ3v) is 3.27. The molecule has 0 unspecified atom stereocenters. The predicted molar refractivity (Wildman–Crippen MR) is 96.1 cm³/mol. The first kappa shape index (κ1) is 20.2. The minimum Gasteiger partial charge on any atom is -0.491 e. The molecule has 1 aromatic carbocycles. The average molecular weight is 339 g/mol. The molecule has 0 aliphatic heterocycles. The van der Waals surface area contributed by atoms with Crippen LogP contribution in [0.5, 0.6) is 5.75 Å². The predicted octanol–water partition coefficient (Wildman–Crippen LogP) is 3.10. The normalized spacial score (nSPS) is 11.4. The Morgan fingerprint density at radius 3 is 2.62 bits per heavy atom. The number of hydrogen-bond acceptors (Lipinski definition) is 3. The van der Waals surface area contributed by atoms with Crippen LogP contribution in [0.25, 0.3) is 0 Å². The second-order valence-corrected chi connectivity index (χ2v) is 5.22. The van der Waals surface area contributed by atoms with E-state index in [0.29, 0.717) is 13.2 Å². The van der Waals surface area contributed by atoms with E-state index in [1.165, 1.54) is 6.07 Å². The van der Waals surface area contributed by atoms with E-state index in [1.807, 2.05) is 26.8 Å². The maximum absolute atomic E-state index is 13.8. The van der Waals surface area contributed by atoms with Gasteiger partial charge in [0.05, 0.1) is 13.2 Å². The van der Waals surface area contributed by atoms with Crippen molar-refractivity contribution < 1.29 is 13.9 Å². The molecule has 0 fully saturated rings. The monoisotopic (exact) mass is 339 g/mol. The van der Waals surface area contributed by atoms with Crippen LogP contribution in [-0.2, 0) is 11.3 Å². The highest BCUT2D eigenvalue weighted by atomic mass is 19.1. The molecule has 0 aromatic heterocycles. The van der Waals surface area contributed by atoms with Gasteiger partial charge in [0.15, 0.2) is 17.5 Å². The van der Waals surface area contributed by atoms with Crippen LogP contribution in [0.4, 0.5) is 4.39 Å². The summed E-state index contributed by atoms with van der Waals surface area (Å²) in [5.74, 6) is 0.672. The standard InChI is InChI=1S/C18H30FN3O2/c1-4-20-18(21-11-7-8-12-23-5-2)22-14-15-9-10-17(24-6-3)16(19)13-15/h9-10,13H,4-8,11-12,14H2,1-3H3,(H2,20,21,22).